The van der Waals surface area contributed by atoms with E-state index in [0.29, 0.717) is 10.7 Å². The largest absolute Gasteiger partial charge is 0.481 e. The van der Waals surface area contributed by atoms with Gasteiger partial charge in [-0.25, -0.2) is 9.78 Å². The average molecular weight is 215 g/mol. The molecule has 76 valence electrons. The lowest BCUT2D eigenvalue weighted by Crippen LogP contribution is -2.06. The van der Waals surface area contributed by atoms with Crippen molar-refractivity contribution in [2.75, 3.05) is 0 Å². The Hall–Kier alpha value is -1.43. The van der Waals surface area contributed by atoms with Crippen molar-refractivity contribution in [1.29, 1.82) is 0 Å². The van der Waals surface area contributed by atoms with Crippen molar-refractivity contribution in [2.24, 2.45) is 0 Å². The molecule has 6 heteroatoms. The van der Waals surface area contributed by atoms with Crippen molar-refractivity contribution in [2.45, 2.75) is 19.8 Å². The first-order valence-electron chi connectivity index (χ1n) is 3.87. The fourth-order valence-corrected chi connectivity index (χ4v) is 1.86. The van der Waals surface area contributed by atoms with Crippen LogP contribution in [0.4, 0.5) is 0 Å². The second kappa shape index (κ2) is 3.75. The number of carbonyl (C=O) groups is 2. The summed E-state index contributed by atoms with van der Waals surface area (Å²) in [6.45, 7) is 3.03. The lowest BCUT2D eigenvalue weighted by atomic mass is 10.2. The van der Waals surface area contributed by atoms with Gasteiger partial charge < -0.3 is 10.2 Å². The van der Waals surface area contributed by atoms with Crippen LogP contribution in [0.5, 0.6) is 0 Å². The van der Waals surface area contributed by atoms with Gasteiger partial charge in [0, 0.05) is 0 Å². The van der Waals surface area contributed by atoms with Crippen molar-refractivity contribution in [1.82, 2.24) is 4.98 Å². The Morgan fingerprint density at radius 1 is 1.43 bits per heavy atom. The summed E-state index contributed by atoms with van der Waals surface area (Å²) in [7, 11) is 0. The van der Waals surface area contributed by atoms with E-state index in [2.05, 4.69) is 4.98 Å². The van der Waals surface area contributed by atoms with Crippen LogP contribution in [0.25, 0.3) is 0 Å². The molecule has 0 spiro atoms. The molecule has 1 rings (SSSR count). The van der Waals surface area contributed by atoms with Gasteiger partial charge in [0.25, 0.3) is 0 Å². The number of rotatable bonds is 3. The van der Waals surface area contributed by atoms with Crippen LogP contribution in [0.1, 0.15) is 33.2 Å². The van der Waals surface area contributed by atoms with Gasteiger partial charge in [-0.3, -0.25) is 4.79 Å². The predicted octanol–water partition coefficient (Wildman–Crippen LogP) is 1.34. The zero-order valence-corrected chi connectivity index (χ0v) is 8.46. The Morgan fingerprint density at radius 2 is 2.00 bits per heavy atom. The lowest BCUT2D eigenvalue weighted by Gasteiger charge is -1.98. The first kappa shape index (κ1) is 10.6. The van der Waals surface area contributed by atoms with E-state index in [1.54, 1.807) is 6.92 Å². The molecule has 0 aromatic carbocycles. The highest BCUT2D eigenvalue weighted by Crippen LogP contribution is 2.24. The van der Waals surface area contributed by atoms with Crippen molar-refractivity contribution in [3.05, 3.63) is 15.6 Å². The molecule has 0 radical (unpaired) electrons. The summed E-state index contributed by atoms with van der Waals surface area (Å²) in [6, 6.07) is 0. The Bertz CT molecular complexity index is 385. The molecule has 2 N–H and O–H groups in total. The van der Waals surface area contributed by atoms with Gasteiger partial charge in [0.05, 0.1) is 5.69 Å². The van der Waals surface area contributed by atoms with Crippen LogP contribution in [0.15, 0.2) is 0 Å². The number of thiazole rings is 1. The quantitative estimate of drug-likeness (QED) is 0.794. The predicted molar refractivity (Wildman–Crippen MR) is 49.9 cm³/mol. The Labute approximate surface area is 84.0 Å². The summed E-state index contributed by atoms with van der Waals surface area (Å²) in [4.78, 5) is 25.3. The Morgan fingerprint density at radius 3 is 2.36 bits per heavy atom. The smallest absolute Gasteiger partial charge is 0.347 e. The molecule has 0 saturated carbocycles. The highest BCUT2D eigenvalue weighted by atomic mass is 32.1. The summed E-state index contributed by atoms with van der Waals surface area (Å²) in [5, 5.41) is 17.7. The van der Waals surface area contributed by atoms with Crippen LogP contribution in [-0.2, 0) is 4.79 Å². The molecule has 0 saturated heterocycles. The third-order valence-corrected chi connectivity index (χ3v) is 3.08. The standard InChI is InChI=1S/C8H9NO4S/c1-3(7(10)11)6-9-4(2)5(14-6)8(12)13/h3H,1-2H3,(H,10,11)(H,12,13). The van der Waals surface area contributed by atoms with Gasteiger partial charge in [-0.2, -0.15) is 0 Å². The molecular weight excluding hydrogens is 206 g/mol. The third-order valence-electron chi connectivity index (χ3n) is 1.75. The van der Waals surface area contributed by atoms with E-state index in [9.17, 15) is 9.59 Å². The van der Waals surface area contributed by atoms with E-state index in [-0.39, 0.29) is 4.88 Å². The molecule has 0 aliphatic heterocycles. The molecule has 5 nitrogen and oxygen atoms in total. The molecule has 1 aromatic rings. The minimum absolute atomic E-state index is 0.105. The zero-order valence-electron chi connectivity index (χ0n) is 7.64. The average Bonchev–Trinajstić information content (AvgIpc) is 2.45. The molecule has 1 atom stereocenters. The summed E-state index contributed by atoms with van der Waals surface area (Å²) >= 11 is 0.913. The van der Waals surface area contributed by atoms with E-state index in [4.69, 9.17) is 10.2 Å². The maximum absolute atomic E-state index is 10.7. The van der Waals surface area contributed by atoms with Crippen molar-refractivity contribution in [3.8, 4) is 0 Å². The maximum Gasteiger partial charge on any atom is 0.347 e. The molecule has 0 amide bonds. The summed E-state index contributed by atoms with van der Waals surface area (Å²) < 4.78 is 0. The number of aliphatic carboxylic acids is 1. The van der Waals surface area contributed by atoms with Crippen molar-refractivity contribution >= 4 is 23.3 Å². The fourth-order valence-electron chi connectivity index (χ4n) is 0.907. The molecule has 1 heterocycles. The van der Waals surface area contributed by atoms with Crippen LogP contribution < -0.4 is 0 Å². The van der Waals surface area contributed by atoms with Gasteiger partial charge in [0.15, 0.2) is 0 Å². The summed E-state index contributed by atoms with van der Waals surface area (Å²) in [5.74, 6) is -2.83. The number of aromatic nitrogens is 1. The van der Waals surface area contributed by atoms with E-state index >= 15 is 0 Å². The van der Waals surface area contributed by atoms with E-state index in [0.717, 1.165) is 11.3 Å². The number of aryl methyl sites for hydroxylation is 1. The first-order valence-corrected chi connectivity index (χ1v) is 4.68. The van der Waals surface area contributed by atoms with E-state index in [1.165, 1.54) is 6.92 Å². The van der Waals surface area contributed by atoms with E-state index < -0.39 is 17.9 Å². The first-order chi connectivity index (χ1) is 6.43. The van der Waals surface area contributed by atoms with Crippen LogP contribution in [0.2, 0.25) is 0 Å². The van der Waals surface area contributed by atoms with Crippen LogP contribution in [-0.4, -0.2) is 27.1 Å². The molecule has 0 aliphatic rings. The van der Waals surface area contributed by atoms with Gasteiger partial charge in [0.2, 0.25) is 0 Å². The molecule has 1 aromatic heterocycles. The fraction of sp³-hybridized carbons (Fsp3) is 0.375. The summed E-state index contributed by atoms with van der Waals surface area (Å²) in [6.07, 6.45) is 0. The topological polar surface area (TPSA) is 87.5 Å². The minimum Gasteiger partial charge on any atom is -0.481 e. The molecule has 0 fully saturated rings. The number of hydrogen-bond donors (Lipinski definition) is 2. The monoisotopic (exact) mass is 215 g/mol. The molecule has 0 aliphatic carbocycles. The molecule has 14 heavy (non-hydrogen) atoms. The van der Waals surface area contributed by atoms with Gasteiger partial charge in [-0.1, -0.05) is 0 Å². The minimum atomic E-state index is -1.07. The normalized spacial score (nSPS) is 12.4. The third kappa shape index (κ3) is 1.90. The number of nitrogens with zero attached hydrogens (tertiary/aromatic N) is 1. The molecular formula is C8H9NO4S. The Kier molecular flexibility index (Phi) is 2.85. The number of hydrogen-bond acceptors (Lipinski definition) is 4. The van der Waals surface area contributed by atoms with Gasteiger partial charge >= 0.3 is 11.9 Å². The van der Waals surface area contributed by atoms with Crippen LogP contribution in [0.3, 0.4) is 0 Å². The number of carboxylic acids is 2. The summed E-state index contributed by atoms with van der Waals surface area (Å²) in [5.41, 5.74) is 0.366. The van der Waals surface area contributed by atoms with Crippen LogP contribution in [0, 0.1) is 6.92 Å². The van der Waals surface area contributed by atoms with Crippen molar-refractivity contribution in [3.63, 3.8) is 0 Å². The highest BCUT2D eigenvalue weighted by molar-refractivity contribution is 7.13. The Balaban J connectivity index is 3.08. The van der Waals surface area contributed by atoms with Gasteiger partial charge in [-0.05, 0) is 13.8 Å². The van der Waals surface area contributed by atoms with E-state index in [1.807, 2.05) is 0 Å². The molecule has 1 unspecified atom stereocenters. The molecule has 0 bridgehead atoms. The second-order valence-corrected chi connectivity index (χ2v) is 3.86. The highest BCUT2D eigenvalue weighted by Gasteiger charge is 2.21. The maximum atomic E-state index is 10.7. The van der Waals surface area contributed by atoms with Crippen LogP contribution >= 0.6 is 11.3 Å². The zero-order chi connectivity index (χ0) is 10.9. The van der Waals surface area contributed by atoms with Gasteiger partial charge in [-0.15, -0.1) is 11.3 Å². The SMILES string of the molecule is Cc1nc(C(C)C(=O)O)sc1C(=O)O. The van der Waals surface area contributed by atoms with Crippen molar-refractivity contribution < 1.29 is 19.8 Å². The number of carboxylic acid groups (broad SMARTS) is 2. The lowest BCUT2D eigenvalue weighted by molar-refractivity contribution is -0.138. The second-order valence-electron chi connectivity index (χ2n) is 2.83. The number of aromatic carboxylic acids is 1. The van der Waals surface area contributed by atoms with Gasteiger partial charge in [0.1, 0.15) is 15.8 Å².